The summed E-state index contributed by atoms with van der Waals surface area (Å²) in [6.45, 7) is 2.28. The van der Waals surface area contributed by atoms with Crippen LogP contribution < -0.4 is 11.3 Å². The molecule has 4 nitrogen and oxygen atoms in total. The molecule has 3 saturated carbocycles. The highest BCUT2D eigenvalue weighted by atomic mass is 16.5. The van der Waals surface area contributed by atoms with Gasteiger partial charge < -0.3 is 9.47 Å². The van der Waals surface area contributed by atoms with Crippen molar-refractivity contribution < 1.29 is 9.47 Å². The first-order valence-corrected chi connectivity index (χ1v) is 5.29. The molecule has 0 aromatic rings. The van der Waals surface area contributed by atoms with Crippen molar-refractivity contribution in [3.8, 4) is 0 Å². The predicted octanol–water partition coefficient (Wildman–Crippen LogP) is 0.425. The van der Waals surface area contributed by atoms with Crippen LogP contribution in [0.25, 0.3) is 0 Å². The third kappa shape index (κ3) is 1.67. The second-order valence-corrected chi connectivity index (χ2v) is 4.81. The number of ether oxygens (including phenoxy) is 2. The van der Waals surface area contributed by atoms with Gasteiger partial charge in [-0.1, -0.05) is 0 Å². The number of hydrogen-bond acceptors (Lipinski definition) is 4. The fourth-order valence-corrected chi connectivity index (χ4v) is 2.95. The summed E-state index contributed by atoms with van der Waals surface area (Å²) in [6, 6.07) is 0. The number of methoxy groups -OCH3 is 1. The molecular weight excluding hydrogens is 180 g/mol. The summed E-state index contributed by atoms with van der Waals surface area (Å²) in [5.41, 5.74) is 3.80. The fraction of sp³-hybridized carbons (Fsp3) is 1.00. The lowest BCUT2D eigenvalue weighted by Gasteiger charge is -2.70. The third-order valence-corrected chi connectivity index (χ3v) is 3.65. The molecule has 3 N–H and O–H groups in total. The van der Waals surface area contributed by atoms with Crippen LogP contribution in [-0.4, -0.2) is 32.5 Å². The molecule has 0 aromatic carbocycles. The van der Waals surface area contributed by atoms with Crippen LogP contribution in [0.4, 0.5) is 0 Å². The molecule has 3 aliphatic rings. The fourth-order valence-electron chi connectivity index (χ4n) is 2.95. The molecule has 0 saturated heterocycles. The Morgan fingerprint density at radius 2 is 1.93 bits per heavy atom. The zero-order valence-corrected chi connectivity index (χ0v) is 8.84. The molecule has 3 aliphatic carbocycles. The Kier molecular flexibility index (Phi) is 2.79. The van der Waals surface area contributed by atoms with Crippen molar-refractivity contribution in [1.82, 2.24) is 5.43 Å². The summed E-state index contributed by atoms with van der Waals surface area (Å²) in [5.74, 6) is 5.46. The summed E-state index contributed by atoms with van der Waals surface area (Å²) in [5, 5.41) is 0. The van der Waals surface area contributed by atoms with E-state index in [0.717, 1.165) is 6.61 Å². The van der Waals surface area contributed by atoms with Gasteiger partial charge >= 0.3 is 0 Å². The Labute approximate surface area is 85.1 Å². The van der Waals surface area contributed by atoms with Crippen LogP contribution in [0.3, 0.4) is 0 Å². The summed E-state index contributed by atoms with van der Waals surface area (Å²) in [4.78, 5) is 0. The van der Waals surface area contributed by atoms with E-state index in [-0.39, 0.29) is 0 Å². The van der Waals surface area contributed by atoms with E-state index in [1.165, 1.54) is 25.7 Å². The van der Waals surface area contributed by atoms with Crippen molar-refractivity contribution in [2.45, 2.75) is 31.2 Å². The van der Waals surface area contributed by atoms with E-state index in [4.69, 9.17) is 15.3 Å². The first-order valence-electron chi connectivity index (χ1n) is 5.29. The number of nitrogens with two attached hydrogens (primary N) is 1. The lowest BCUT2D eigenvalue weighted by Crippen LogP contribution is -2.75. The van der Waals surface area contributed by atoms with Gasteiger partial charge in [-0.2, -0.15) is 0 Å². The quantitative estimate of drug-likeness (QED) is 0.355. The molecule has 2 bridgehead atoms. The van der Waals surface area contributed by atoms with E-state index in [0.29, 0.717) is 24.2 Å². The Balaban J connectivity index is 1.53. The Bertz CT molecular complexity index is 189. The minimum atomic E-state index is 0.312. The van der Waals surface area contributed by atoms with Gasteiger partial charge in [0.2, 0.25) is 0 Å². The second kappa shape index (κ2) is 3.77. The van der Waals surface area contributed by atoms with Crippen molar-refractivity contribution in [3.63, 3.8) is 0 Å². The highest BCUT2D eigenvalue weighted by Gasteiger charge is 2.66. The molecule has 3 rings (SSSR count). The van der Waals surface area contributed by atoms with Crippen molar-refractivity contribution in [2.24, 2.45) is 11.3 Å². The molecule has 0 atom stereocenters. The standard InChI is InChI=1S/C10H20N2O2/c1-13-4-5-14-3-2-9-6-10(7-9,8-9)12-11/h12H,2-8,11H2,1H3. The zero-order valence-electron chi connectivity index (χ0n) is 8.84. The first kappa shape index (κ1) is 10.4. The van der Waals surface area contributed by atoms with E-state index in [2.05, 4.69) is 5.43 Å². The van der Waals surface area contributed by atoms with Gasteiger partial charge in [-0.15, -0.1) is 0 Å². The molecule has 3 fully saturated rings. The second-order valence-electron chi connectivity index (χ2n) is 4.81. The normalized spacial score (nSPS) is 39.0. The molecule has 0 aliphatic heterocycles. The number of rotatable bonds is 7. The molecular formula is C10H20N2O2. The summed E-state index contributed by atoms with van der Waals surface area (Å²) in [6.07, 6.45) is 4.90. The molecule has 82 valence electrons. The molecule has 0 unspecified atom stereocenters. The van der Waals surface area contributed by atoms with E-state index in [1.807, 2.05) is 0 Å². The maximum absolute atomic E-state index is 5.46. The number of hydrogen-bond donors (Lipinski definition) is 2. The average Bonchev–Trinajstić information content (AvgIpc) is 2.06. The summed E-state index contributed by atoms with van der Waals surface area (Å²) >= 11 is 0. The van der Waals surface area contributed by atoms with Gasteiger partial charge in [-0.3, -0.25) is 11.3 Å². The van der Waals surface area contributed by atoms with Crippen LogP contribution in [0.15, 0.2) is 0 Å². The van der Waals surface area contributed by atoms with E-state index in [9.17, 15) is 0 Å². The minimum absolute atomic E-state index is 0.312. The van der Waals surface area contributed by atoms with Crippen molar-refractivity contribution in [2.75, 3.05) is 26.9 Å². The summed E-state index contributed by atoms with van der Waals surface area (Å²) in [7, 11) is 1.70. The Morgan fingerprint density at radius 1 is 1.21 bits per heavy atom. The van der Waals surface area contributed by atoms with Crippen LogP contribution in [0.5, 0.6) is 0 Å². The molecule has 0 aromatic heterocycles. The molecule has 0 amide bonds. The predicted molar refractivity (Wildman–Crippen MR) is 53.7 cm³/mol. The van der Waals surface area contributed by atoms with Gasteiger partial charge in [0, 0.05) is 19.3 Å². The highest BCUT2D eigenvalue weighted by Crippen LogP contribution is 2.68. The SMILES string of the molecule is COCCOCCC12CC(NN)(C1)C2. The number of nitrogens with one attached hydrogen (secondary N) is 1. The monoisotopic (exact) mass is 200 g/mol. The van der Waals surface area contributed by atoms with Gasteiger partial charge in [0.15, 0.2) is 0 Å². The van der Waals surface area contributed by atoms with Gasteiger partial charge in [-0.05, 0) is 31.1 Å². The zero-order chi connectivity index (χ0) is 10.1. The van der Waals surface area contributed by atoms with Crippen LogP contribution in [0.2, 0.25) is 0 Å². The van der Waals surface area contributed by atoms with Crippen LogP contribution in [0.1, 0.15) is 25.7 Å². The lowest BCUT2D eigenvalue weighted by molar-refractivity contribution is -0.167. The number of hydrazine groups is 1. The molecule has 0 spiro atoms. The maximum Gasteiger partial charge on any atom is 0.0700 e. The van der Waals surface area contributed by atoms with Crippen molar-refractivity contribution in [1.29, 1.82) is 0 Å². The maximum atomic E-state index is 5.46. The van der Waals surface area contributed by atoms with Gasteiger partial charge in [0.25, 0.3) is 0 Å². The Morgan fingerprint density at radius 3 is 2.50 bits per heavy atom. The highest BCUT2D eigenvalue weighted by molar-refractivity contribution is 5.21. The average molecular weight is 200 g/mol. The van der Waals surface area contributed by atoms with Gasteiger partial charge in [0.1, 0.15) is 0 Å². The Hall–Kier alpha value is -0.160. The van der Waals surface area contributed by atoms with Crippen LogP contribution >= 0.6 is 0 Å². The van der Waals surface area contributed by atoms with Crippen LogP contribution in [0, 0.1) is 5.41 Å². The largest absolute Gasteiger partial charge is 0.382 e. The molecule has 0 radical (unpaired) electrons. The smallest absolute Gasteiger partial charge is 0.0700 e. The topological polar surface area (TPSA) is 56.5 Å². The van der Waals surface area contributed by atoms with Gasteiger partial charge in [0.05, 0.1) is 13.2 Å². The lowest BCUT2D eigenvalue weighted by atomic mass is 9.39. The first-order chi connectivity index (χ1) is 6.74. The van der Waals surface area contributed by atoms with Crippen molar-refractivity contribution in [3.05, 3.63) is 0 Å². The third-order valence-electron chi connectivity index (χ3n) is 3.65. The minimum Gasteiger partial charge on any atom is -0.382 e. The van der Waals surface area contributed by atoms with Crippen molar-refractivity contribution >= 4 is 0 Å². The molecule has 4 heteroatoms. The van der Waals surface area contributed by atoms with Crippen LogP contribution in [-0.2, 0) is 9.47 Å². The van der Waals surface area contributed by atoms with Gasteiger partial charge in [-0.25, -0.2) is 0 Å². The molecule has 0 heterocycles. The van der Waals surface area contributed by atoms with E-state index >= 15 is 0 Å². The molecule has 14 heavy (non-hydrogen) atoms. The van der Waals surface area contributed by atoms with E-state index in [1.54, 1.807) is 7.11 Å². The van der Waals surface area contributed by atoms with E-state index < -0.39 is 0 Å². The summed E-state index contributed by atoms with van der Waals surface area (Å²) < 4.78 is 10.4.